The molecule has 3 rings (SSSR count). The van der Waals surface area contributed by atoms with Crippen LogP contribution in [-0.4, -0.2) is 47.5 Å². The monoisotopic (exact) mass is 275 g/mol. The molecule has 2 aliphatic rings. The van der Waals surface area contributed by atoms with Crippen LogP contribution in [0, 0.1) is 0 Å². The zero-order valence-electron chi connectivity index (χ0n) is 12.0. The van der Waals surface area contributed by atoms with Crippen LogP contribution in [0.25, 0.3) is 0 Å². The fraction of sp³-hybridized carbons (Fsp3) is 0.643. The smallest absolute Gasteiger partial charge is 0.222 e. The highest BCUT2D eigenvalue weighted by Crippen LogP contribution is 2.38. The predicted molar refractivity (Wildman–Crippen MR) is 77.8 cm³/mol. The van der Waals surface area contributed by atoms with E-state index in [1.54, 1.807) is 4.90 Å². The van der Waals surface area contributed by atoms with E-state index in [2.05, 4.69) is 20.6 Å². The Kier molecular flexibility index (Phi) is 3.46. The van der Waals surface area contributed by atoms with Crippen molar-refractivity contribution < 1.29 is 4.79 Å². The molecule has 2 fully saturated rings. The predicted octanol–water partition coefficient (Wildman–Crippen LogP) is 1.43. The minimum absolute atomic E-state index is 0.223. The minimum atomic E-state index is 0.223. The molecule has 1 aliphatic heterocycles. The summed E-state index contributed by atoms with van der Waals surface area (Å²) in [5.41, 5.74) is 0. The fourth-order valence-electron chi connectivity index (χ4n) is 2.53. The van der Waals surface area contributed by atoms with E-state index in [-0.39, 0.29) is 11.9 Å². The molecule has 0 aromatic carbocycles. The Bertz CT molecular complexity index is 514. The first-order chi connectivity index (χ1) is 9.65. The first kappa shape index (κ1) is 13.1. The van der Waals surface area contributed by atoms with Crippen LogP contribution in [0.2, 0.25) is 0 Å². The third-order valence-corrected chi connectivity index (χ3v) is 3.92. The molecule has 6 nitrogen and oxygen atoms in total. The molecule has 1 saturated heterocycles. The Morgan fingerprint density at radius 2 is 2.00 bits per heavy atom. The van der Waals surface area contributed by atoms with Crippen LogP contribution >= 0.6 is 0 Å². The lowest BCUT2D eigenvalue weighted by atomic mass is 10.1. The van der Waals surface area contributed by atoms with Crippen LogP contribution < -0.4 is 10.6 Å². The lowest BCUT2D eigenvalue weighted by molar-refractivity contribution is -0.132. The highest BCUT2D eigenvalue weighted by molar-refractivity contribution is 5.77. The molecule has 108 valence electrons. The molecule has 1 atom stereocenters. The SMILES string of the molecule is CNc1cc(NC2CCC(=O)N(C)C2)nc(C2CC2)n1. The highest BCUT2D eigenvalue weighted by atomic mass is 16.2. The molecule has 1 aromatic rings. The van der Waals surface area contributed by atoms with Crippen molar-refractivity contribution in [3.63, 3.8) is 0 Å². The van der Waals surface area contributed by atoms with E-state index in [0.717, 1.165) is 30.4 Å². The number of nitrogens with zero attached hydrogens (tertiary/aromatic N) is 3. The van der Waals surface area contributed by atoms with E-state index < -0.39 is 0 Å². The lowest BCUT2D eigenvalue weighted by Crippen LogP contribution is -2.43. The summed E-state index contributed by atoms with van der Waals surface area (Å²) in [4.78, 5) is 22.4. The molecule has 1 unspecified atom stereocenters. The van der Waals surface area contributed by atoms with Gasteiger partial charge in [0, 0.05) is 45.1 Å². The Hall–Kier alpha value is -1.85. The quantitative estimate of drug-likeness (QED) is 0.870. The van der Waals surface area contributed by atoms with Gasteiger partial charge in [-0.05, 0) is 19.3 Å². The number of hydrogen-bond donors (Lipinski definition) is 2. The highest BCUT2D eigenvalue weighted by Gasteiger charge is 2.28. The molecular formula is C14H21N5O. The van der Waals surface area contributed by atoms with Crippen molar-refractivity contribution in [1.29, 1.82) is 0 Å². The van der Waals surface area contributed by atoms with Gasteiger partial charge in [0.25, 0.3) is 0 Å². The zero-order valence-corrected chi connectivity index (χ0v) is 12.0. The second-order valence-electron chi connectivity index (χ2n) is 5.68. The molecule has 0 bridgehead atoms. The molecule has 1 aliphatic carbocycles. The maximum atomic E-state index is 11.5. The van der Waals surface area contributed by atoms with Crippen molar-refractivity contribution in [3.05, 3.63) is 11.9 Å². The van der Waals surface area contributed by atoms with Gasteiger partial charge < -0.3 is 15.5 Å². The first-order valence-corrected chi connectivity index (χ1v) is 7.23. The van der Waals surface area contributed by atoms with Crippen LogP contribution in [0.15, 0.2) is 6.07 Å². The third kappa shape index (κ3) is 2.84. The van der Waals surface area contributed by atoms with Crippen LogP contribution in [0.5, 0.6) is 0 Å². The summed E-state index contributed by atoms with van der Waals surface area (Å²) in [6.45, 7) is 0.733. The summed E-state index contributed by atoms with van der Waals surface area (Å²) in [6, 6.07) is 2.20. The third-order valence-electron chi connectivity index (χ3n) is 3.92. The first-order valence-electron chi connectivity index (χ1n) is 7.23. The maximum absolute atomic E-state index is 11.5. The number of anilines is 2. The summed E-state index contributed by atoms with van der Waals surface area (Å²) in [5, 5.41) is 6.53. The van der Waals surface area contributed by atoms with Gasteiger partial charge in [-0.1, -0.05) is 0 Å². The summed E-state index contributed by atoms with van der Waals surface area (Å²) < 4.78 is 0. The summed E-state index contributed by atoms with van der Waals surface area (Å²) in [5.74, 6) is 3.39. The largest absolute Gasteiger partial charge is 0.373 e. The summed E-state index contributed by atoms with van der Waals surface area (Å²) in [7, 11) is 3.72. The van der Waals surface area contributed by atoms with Crippen molar-refractivity contribution in [1.82, 2.24) is 14.9 Å². The molecule has 20 heavy (non-hydrogen) atoms. The van der Waals surface area contributed by atoms with Crippen molar-refractivity contribution in [2.24, 2.45) is 0 Å². The van der Waals surface area contributed by atoms with E-state index in [0.29, 0.717) is 12.3 Å². The van der Waals surface area contributed by atoms with Crippen molar-refractivity contribution >= 4 is 17.5 Å². The number of hydrogen-bond acceptors (Lipinski definition) is 5. The summed E-state index contributed by atoms with van der Waals surface area (Å²) >= 11 is 0. The minimum Gasteiger partial charge on any atom is -0.373 e. The van der Waals surface area contributed by atoms with E-state index in [1.807, 2.05) is 20.2 Å². The van der Waals surface area contributed by atoms with Crippen LogP contribution in [0.1, 0.15) is 37.4 Å². The normalized spacial score (nSPS) is 22.8. The number of carbonyl (C=O) groups is 1. The number of likely N-dealkylation sites (N-methyl/N-ethyl adjacent to an activating group) is 1. The Morgan fingerprint density at radius 3 is 2.65 bits per heavy atom. The standard InChI is InChI=1S/C14H21N5O/c1-15-11-7-12(18-14(17-11)9-3-4-9)16-10-5-6-13(20)19(2)8-10/h7,9-10H,3-6,8H2,1-2H3,(H2,15,16,17,18). The van der Waals surface area contributed by atoms with E-state index in [9.17, 15) is 4.79 Å². The van der Waals surface area contributed by atoms with Crippen molar-refractivity contribution in [2.45, 2.75) is 37.6 Å². The average molecular weight is 275 g/mol. The number of piperidine rings is 1. The van der Waals surface area contributed by atoms with Gasteiger partial charge in [-0.25, -0.2) is 9.97 Å². The number of rotatable bonds is 4. The molecule has 1 amide bonds. The number of amides is 1. The lowest BCUT2D eigenvalue weighted by Gasteiger charge is -2.30. The van der Waals surface area contributed by atoms with Crippen LogP contribution in [-0.2, 0) is 4.79 Å². The van der Waals surface area contributed by atoms with Gasteiger partial charge in [0.05, 0.1) is 0 Å². The van der Waals surface area contributed by atoms with Crippen LogP contribution in [0.4, 0.5) is 11.6 Å². The number of nitrogens with one attached hydrogen (secondary N) is 2. The van der Waals surface area contributed by atoms with E-state index in [4.69, 9.17) is 0 Å². The number of likely N-dealkylation sites (tertiary alicyclic amines) is 1. The topological polar surface area (TPSA) is 70.2 Å². The van der Waals surface area contributed by atoms with E-state index in [1.165, 1.54) is 12.8 Å². The fourth-order valence-corrected chi connectivity index (χ4v) is 2.53. The van der Waals surface area contributed by atoms with Gasteiger partial charge in [-0.3, -0.25) is 4.79 Å². The maximum Gasteiger partial charge on any atom is 0.222 e. The molecule has 2 N–H and O–H groups in total. The average Bonchev–Trinajstić information content (AvgIpc) is 3.27. The van der Waals surface area contributed by atoms with Gasteiger partial charge in [-0.2, -0.15) is 0 Å². The van der Waals surface area contributed by atoms with E-state index >= 15 is 0 Å². The zero-order chi connectivity index (χ0) is 14.1. The second-order valence-corrected chi connectivity index (χ2v) is 5.68. The molecule has 6 heteroatoms. The molecule has 1 aromatic heterocycles. The van der Waals surface area contributed by atoms with Gasteiger partial charge in [0.2, 0.25) is 5.91 Å². The number of aromatic nitrogens is 2. The van der Waals surface area contributed by atoms with Gasteiger partial charge in [0.1, 0.15) is 17.5 Å². The molecule has 2 heterocycles. The second kappa shape index (κ2) is 5.26. The number of carbonyl (C=O) groups excluding carboxylic acids is 1. The Labute approximate surface area is 119 Å². The molecule has 1 saturated carbocycles. The molecule has 0 radical (unpaired) electrons. The van der Waals surface area contributed by atoms with Gasteiger partial charge in [0.15, 0.2) is 0 Å². The Balaban J connectivity index is 1.73. The van der Waals surface area contributed by atoms with Crippen molar-refractivity contribution in [2.75, 3.05) is 31.3 Å². The van der Waals surface area contributed by atoms with Crippen molar-refractivity contribution in [3.8, 4) is 0 Å². The Morgan fingerprint density at radius 1 is 1.25 bits per heavy atom. The molecular weight excluding hydrogens is 254 g/mol. The van der Waals surface area contributed by atoms with Crippen LogP contribution in [0.3, 0.4) is 0 Å². The molecule has 0 spiro atoms. The van der Waals surface area contributed by atoms with Gasteiger partial charge >= 0.3 is 0 Å². The summed E-state index contributed by atoms with van der Waals surface area (Å²) in [6.07, 6.45) is 3.84. The van der Waals surface area contributed by atoms with Gasteiger partial charge in [-0.15, -0.1) is 0 Å².